The minimum absolute atomic E-state index is 0.00426. The predicted octanol–water partition coefficient (Wildman–Crippen LogP) is 1.71. The monoisotopic (exact) mass is 283 g/mol. The molecule has 104 valence electrons. The van der Waals surface area contributed by atoms with Crippen LogP contribution < -0.4 is 4.72 Å². The smallest absolute Gasteiger partial charge is 0.335 e. The van der Waals surface area contributed by atoms with E-state index in [1.54, 1.807) is 0 Å². The summed E-state index contributed by atoms with van der Waals surface area (Å²) in [4.78, 5) is 10.8. The zero-order valence-electron chi connectivity index (χ0n) is 10.7. The van der Waals surface area contributed by atoms with Crippen LogP contribution in [0.25, 0.3) is 0 Å². The number of hydrogen-bond acceptors (Lipinski definition) is 3. The van der Waals surface area contributed by atoms with Crippen molar-refractivity contribution in [3.8, 4) is 0 Å². The molecule has 0 aliphatic heterocycles. The molecular formula is C13H17NO4S. The fourth-order valence-electron chi connectivity index (χ4n) is 1.95. The van der Waals surface area contributed by atoms with Crippen LogP contribution in [-0.4, -0.2) is 26.0 Å². The Kier molecular flexibility index (Phi) is 3.91. The lowest BCUT2D eigenvalue weighted by molar-refractivity contribution is 0.0696. The van der Waals surface area contributed by atoms with Gasteiger partial charge < -0.3 is 5.11 Å². The third kappa shape index (κ3) is 3.54. The van der Waals surface area contributed by atoms with Gasteiger partial charge >= 0.3 is 5.97 Å². The van der Waals surface area contributed by atoms with E-state index in [-0.39, 0.29) is 10.5 Å². The van der Waals surface area contributed by atoms with Crippen molar-refractivity contribution < 1.29 is 18.3 Å². The summed E-state index contributed by atoms with van der Waals surface area (Å²) in [6.07, 6.45) is 2.33. The van der Waals surface area contributed by atoms with E-state index in [0.29, 0.717) is 18.4 Å². The first-order valence-electron chi connectivity index (χ1n) is 6.23. The van der Waals surface area contributed by atoms with Crippen molar-refractivity contribution >= 4 is 16.0 Å². The van der Waals surface area contributed by atoms with E-state index in [1.165, 1.54) is 24.3 Å². The molecule has 5 nitrogen and oxygen atoms in total. The Bertz CT molecular complexity index is 578. The van der Waals surface area contributed by atoms with Crippen molar-refractivity contribution in [2.45, 2.75) is 24.7 Å². The maximum absolute atomic E-state index is 12.1. The highest BCUT2D eigenvalue weighted by molar-refractivity contribution is 7.89. The van der Waals surface area contributed by atoms with Gasteiger partial charge in [-0.05, 0) is 42.9 Å². The Hall–Kier alpha value is -1.40. The van der Waals surface area contributed by atoms with Crippen molar-refractivity contribution in [2.75, 3.05) is 6.54 Å². The van der Waals surface area contributed by atoms with E-state index >= 15 is 0 Å². The molecule has 1 atom stereocenters. The van der Waals surface area contributed by atoms with Gasteiger partial charge in [-0.2, -0.15) is 0 Å². The Labute approximate surface area is 112 Å². The molecule has 1 fully saturated rings. The van der Waals surface area contributed by atoms with Crippen molar-refractivity contribution in [2.24, 2.45) is 11.8 Å². The van der Waals surface area contributed by atoms with Gasteiger partial charge in [0.15, 0.2) is 0 Å². The van der Waals surface area contributed by atoms with Crippen LogP contribution in [0.5, 0.6) is 0 Å². The molecule has 6 heteroatoms. The molecule has 1 aromatic rings. The third-order valence-electron chi connectivity index (χ3n) is 3.41. The van der Waals surface area contributed by atoms with Gasteiger partial charge in [0, 0.05) is 6.54 Å². The van der Waals surface area contributed by atoms with Crippen molar-refractivity contribution in [1.29, 1.82) is 0 Å². The highest BCUT2D eigenvalue weighted by atomic mass is 32.2. The topological polar surface area (TPSA) is 83.5 Å². The molecule has 0 amide bonds. The van der Waals surface area contributed by atoms with Crippen LogP contribution >= 0.6 is 0 Å². The van der Waals surface area contributed by atoms with Crippen LogP contribution in [0.15, 0.2) is 29.2 Å². The number of sulfonamides is 1. The summed E-state index contributed by atoms with van der Waals surface area (Å²) in [5.74, 6) is -0.200. The second kappa shape index (κ2) is 5.30. The lowest BCUT2D eigenvalue weighted by Crippen LogP contribution is -2.29. The first kappa shape index (κ1) is 14.0. The van der Waals surface area contributed by atoms with E-state index in [0.717, 1.165) is 12.8 Å². The second-order valence-electron chi connectivity index (χ2n) is 5.00. The van der Waals surface area contributed by atoms with E-state index < -0.39 is 16.0 Å². The molecule has 0 aromatic heterocycles. The largest absolute Gasteiger partial charge is 0.478 e. The van der Waals surface area contributed by atoms with Crippen LogP contribution in [0.2, 0.25) is 0 Å². The molecule has 0 bridgehead atoms. The molecule has 0 spiro atoms. The highest BCUT2D eigenvalue weighted by Gasteiger charge is 2.28. The number of benzene rings is 1. The molecule has 1 aliphatic rings. The highest BCUT2D eigenvalue weighted by Crippen LogP contribution is 2.36. The van der Waals surface area contributed by atoms with Crippen LogP contribution in [-0.2, 0) is 10.0 Å². The number of rotatable bonds is 6. The number of carboxylic acid groups (broad SMARTS) is 1. The van der Waals surface area contributed by atoms with Gasteiger partial charge in [-0.25, -0.2) is 17.9 Å². The summed E-state index contributed by atoms with van der Waals surface area (Å²) < 4.78 is 26.6. The fourth-order valence-corrected chi connectivity index (χ4v) is 3.14. The molecular weight excluding hydrogens is 266 g/mol. The van der Waals surface area contributed by atoms with E-state index in [9.17, 15) is 13.2 Å². The zero-order chi connectivity index (χ0) is 14.0. The Morgan fingerprint density at radius 1 is 1.47 bits per heavy atom. The molecule has 1 unspecified atom stereocenters. The number of hydrogen-bond donors (Lipinski definition) is 2. The third-order valence-corrected chi connectivity index (χ3v) is 4.83. The molecule has 2 rings (SSSR count). The van der Waals surface area contributed by atoms with Crippen LogP contribution in [0.3, 0.4) is 0 Å². The second-order valence-corrected chi connectivity index (χ2v) is 6.77. The molecule has 2 N–H and O–H groups in total. The van der Waals surface area contributed by atoms with Gasteiger partial charge in [0.25, 0.3) is 0 Å². The molecule has 0 heterocycles. The maximum atomic E-state index is 12.1. The van der Waals surface area contributed by atoms with Gasteiger partial charge in [-0.15, -0.1) is 0 Å². The zero-order valence-corrected chi connectivity index (χ0v) is 11.5. The average Bonchev–Trinajstić information content (AvgIpc) is 3.20. The minimum Gasteiger partial charge on any atom is -0.478 e. The Morgan fingerprint density at radius 2 is 2.16 bits per heavy atom. The van der Waals surface area contributed by atoms with Crippen molar-refractivity contribution in [3.05, 3.63) is 29.8 Å². The van der Waals surface area contributed by atoms with Gasteiger partial charge in [0.2, 0.25) is 10.0 Å². The molecule has 1 aromatic carbocycles. The number of nitrogens with one attached hydrogen (secondary N) is 1. The first-order chi connectivity index (χ1) is 8.90. The predicted molar refractivity (Wildman–Crippen MR) is 70.5 cm³/mol. The lowest BCUT2D eigenvalue weighted by atomic mass is 10.1. The van der Waals surface area contributed by atoms with Crippen molar-refractivity contribution in [3.63, 3.8) is 0 Å². The average molecular weight is 283 g/mol. The van der Waals surface area contributed by atoms with Gasteiger partial charge in [0.1, 0.15) is 0 Å². The van der Waals surface area contributed by atoms with Crippen molar-refractivity contribution in [1.82, 2.24) is 4.72 Å². The Balaban J connectivity index is 2.09. The van der Waals surface area contributed by atoms with Crippen LogP contribution in [0.1, 0.15) is 30.1 Å². The fraction of sp³-hybridized carbons (Fsp3) is 0.462. The van der Waals surface area contributed by atoms with E-state index in [1.807, 2.05) is 6.92 Å². The SMILES string of the molecule is CC(CNS(=O)(=O)c1cccc(C(=O)O)c1)C1CC1. The van der Waals surface area contributed by atoms with Gasteiger partial charge in [0.05, 0.1) is 10.5 Å². The summed E-state index contributed by atoms with van der Waals surface area (Å²) in [6.45, 7) is 2.41. The number of carbonyl (C=O) groups is 1. The first-order valence-corrected chi connectivity index (χ1v) is 7.71. The summed E-state index contributed by atoms with van der Waals surface area (Å²) >= 11 is 0. The number of aromatic carboxylic acids is 1. The van der Waals surface area contributed by atoms with Gasteiger partial charge in [-0.3, -0.25) is 0 Å². The van der Waals surface area contributed by atoms with Crippen LogP contribution in [0.4, 0.5) is 0 Å². The van der Waals surface area contributed by atoms with Crippen LogP contribution in [0, 0.1) is 11.8 Å². The summed E-state index contributed by atoms with van der Waals surface area (Å²) in [5.41, 5.74) is -0.0295. The summed E-state index contributed by atoms with van der Waals surface area (Å²) in [7, 11) is -3.63. The molecule has 0 radical (unpaired) electrons. The molecule has 1 saturated carbocycles. The number of carboxylic acids is 1. The van der Waals surface area contributed by atoms with E-state index in [2.05, 4.69) is 4.72 Å². The summed E-state index contributed by atoms with van der Waals surface area (Å²) in [6, 6.07) is 5.37. The lowest BCUT2D eigenvalue weighted by Gasteiger charge is -2.12. The summed E-state index contributed by atoms with van der Waals surface area (Å²) in [5, 5.41) is 8.86. The standard InChI is InChI=1S/C13H17NO4S/c1-9(10-5-6-10)8-14-19(17,18)12-4-2-3-11(7-12)13(15)16/h2-4,7,9-10,14H,5-6,8H2,1H3,(H,15,16). The maximum Gasteiger partial charge on any atom is 0.335 e. The molecule has 0 saturated heterocycles. The molecule has 1 aliphatic carbocycles. The molecule has 19 heavy (non-hydrogen) atoms. The minimum atomic E-state index is -3.63. The Morgan fingerprint density at radius 3 is 2.74 bits per heavy atom. The normalized spacial score (nSPS) is 17.1. The van der Waals surface area contributed by atoms with Gasteiger partial charge in [-0.1, -0.05) is 13.0 Å². The quantitative estimate of drug-likeness (QED) is 0.832. The van der Waals surface area contributed by atoms with E-state index in [4.69, 9.17) is 5.11 Å².